The number of hydrogen-bond acceptors (Lipinski definition) is 1. The monoisotopic (exact) mass is 191 g/mol. The SMILES string of the molecule is C/C=C(C)\N=C(/C)c1ccc(F)cc1. The maximum Gasteiger partial charge on any atom is 0.123 e. The van der Waals surface area contributed by atoms with Crippen LogP contribution in [0.25, 0.3) is 0 Å². The Balaban J connectivity index is 2.95. The first-order valence-corrected chi connectivity index (χ1v) is 4.57. The smallest absolute Gasteiger partial charge is 0.123 e. The van der Waals surface area contributed by atoms with Crippen LogP contribution in [0.2, 0.25) is 0 Å². The molecule has 0 aliphatic carbocycles. The molecule has 1 aromatic carbocycles. The second-order valence-electron chi connectivity index (χ2n) is 3.13. The van der Waals surface area contributed by atoms with Gasteiger partial charge in [0.15, 0.2) is 0 Å². The van der Waals surface area contributed by atoms with Crippen LogP contribution in [-0.2, 0) is 0 Å². The van der Waals surface area contributed by atoms with E-state index in [2.05, 4.69) is 4.99 Å². The zero-order valence-electron chi connectivity index (χ0n) is 8.71. The summed E-state index contributed by atoms with van der Waals surface area (Å²) in [6.45, 7) is 5.80. The molecule has 0 spiro atoms. The quantitative estimate of drug-likeness (QED) is 0.634. The number of benzene rings is 1. The lowest BCUT2D eigenvalue weighted by atomic mass is 10.1. The average Bonchev–Trinajstić information content (AvgIpc) is 2.18. The number of nitrogens with zero attached hydrogens (tertiary/aromatic N) is 1. The van der Waals surface area contributed by atoms with Crippen molar-refractivity contribution >= 4 is 5.71 Å². The first-order chi connectivity index (χ1) is 6.63. The Bertz CT molecular complexity index is 360. The molecule has 1 aromatic rings. The van der Waals surface area contributed by atoms with Crippen LogP contribution in [0.3, 0.4) is 0 Å². The molecule has 0 atom stereocenters. The average molecular weight is 191 g/mol. The van der Waals surface area contributed by atoms with Gasteiger partial charge in [0.05, 0.1) is 0 Å². The summed E-state index contributed by atoms with van der Waals surface area (Å²) in [5.41, 5.74) is 2.82. The van der Waals surface area contributed by atoms with Crippen LogP contribution in [0.15, 0.2) is 41.0 Å². The van der Waals surface area contributed by atoms with Gasteiger partial charge in [0.25, 0.3) is 0 Å². The Labute approximate surface area is 84.0 Å². The second kappa shape index (κ2) is 4.70. The molecule has 0 heterocycles. The number of allylic oxidation sites excluding steroid dienone is 2. The van der Waals surface area contributed by atoms with E-state index in [1.807, 2.05) is 26.8 Å². The van der Waals surface area contributed by atoms with Crippen molar-refractivity contribution in [2.75, 3.05) is 0 Å². The van der Waals surface area contributed by atoms with Crippen LogP contribution in [0.4, 0.5) is 4.39 Å². The summed E-state index contributed by atoms with van der Waals surface area (Å²) in [5, 5.41) is 0. The maximum atomic E-state index is 12.6. The highest BCUT2D eigenvalue weighted by Gasteiger charge is 1.97. The van der Waals surface area contributed by atoms with Gasteiger partial charge in [-0.05, 0) is 38.5 Å². The van der Waals surface area contributed by atoms with Gasteiger partial charge in [-0.25, -0.2) is 4.39 Å². The van der Waals surface area contributed by atoms with Gasteiger partial charge in [-0.3, -0.25) is 4.99 Å². The minimum Gasteiger partial charge on any atom is -0.258 e. The number of rotatable bonds is 2. The highest BCUT2D eigenvalue weighted by atomic mass is 19.1. The number of halogens is 1. The Morgan fingerprint density at radius 1 is 1.21 bits per heavy atom. The molecule has 14 heavy (non-hydrogen) atoms. The molecular formula is C12H14FN. The standard InChI is InChI=1S/C12H14FN/c1-4-9(2)14-10(3)11-5-7-12(13)8-6-11/h4-8H,1-3H3/b9-4-,14-10+. The minimum absolute atomic E-state index is 0.218. The Morgan fingerprint density at radius 2 is 1.79 bits per heavy atom. The third-order valence-corrected chi connectivity index (χ3v) is 2.02. The van der Waals surface area contributed by atoms with E-state index in [0.717, 1.165) is 17.0 Å². The van der Waals surface area contributed by atoms with E-state index in [4.69, 9.17) is 0 Å². The first-order valence-electron chi connectivity index (χ1n) is 4.57. The molecule has 0 aliphatic heterocycles. The van der Waals surface area contributed by atoms with Crippen molar-refractivity contribution in [1.29, 1.82) is 0 Å². The van der Waals surface area contributed by atoms with E-state index >= 15 is 0 Å². The van der Waals surface area contributed by atoms with Gasteiger partial charge in [0.2, 0.25) is 0 Å². The van der Waals surface area contributed by atoms with E-state index < -0.39 is 0 Å². The maximum absolute atomic E-state index is 12.6. The van der Waals surface area contributed by atoms with E-state index in [1.165, 1.54) is 12.1 Å². The van der Waals surface area contributed by atoms with Crippen LogP contribution < -0.4 is 0 Å². The van der Waals surface area contributed by atoms with Gasteiger partial charge in [-0.15, -0.1) is 0 Å². The predicted molar refractivity (Wildman–Crippen MR) is 58.0 cm³/mol. The topological polar surface area (TPSA) is 12.4 Å². The van der Waals surface area contributed by atoms with Crippen LogP contribution in [0.5, 0.6) is 0 Å². The molecule has 0 unspecified atom stereocenters. The van der Waals surface area contributed by atoms with Gasteiger partial charge in [-0.1, -0.05) is 18.2 Å². The summed E-state index contributed by atoms with van der Waals surface area (Å²) < 4.78 is 12.6. The van der Waals surface area contributed by atoms with Crippen LogP contribution >= 0.6 is 0 Å². The largest absolute Gasteiger partial charge is 0.258 e. The molecule has 0 saturated carbocycles. The summed E-state index contributed by atoms with van der Waals surface area (Å²) in [6, 6.07) is 6.35. The summed E-state index contributed by atoms with van der Waals surface area (Å²) in [7, 11) is 0. The second-order valence-corrected chi connectivity index (χ2v) is 3.13. The molecule has 0 N–H and O–H groups in total. The Kier molecular flexibility index (Phi) is 3.57. The minimum atomic E-state index is -0.218. The molecule has 0 saturated heterocycles. The van der Waals surface area contributed by atoms with Crippen molar-refractivity contribution < 1.29 is 4.39 Å². The highest BCUT2D eigenvalue weighted by molar-refractivity contribution is 5.99. The van der Waals surface area contributed by atoms with Crippen LogP contribution in [-0.4, -0.2) is 5.71 Å². The zero-order chi connectivity index (χ0) is 10.6. The molecule has 1 nitrogen and oxygen atoms in total. The Hall–Kier alpha value is -1.44. The van der Waals surface area contributed by atoms with E-state index in [9.17, 15) is 4.39 Å². The number of hydrogen-bond donors (Lipinski definition) is 0. The van der Waals surface area contributed by atoms with Crippen molar-refractivity contribution in [3.05, 3.63) is 47.4 Å². The van der Waals surface area contributed by atoms with Crippen molar-refractivity contribution in [1.82, 2.24) is 0 Å². The van der Waals surface area contributed by atoms with Crippen molar-refractivity contribution in [3.63, 3.8) is 0 Å². The summed E-state index contributed by atoms with van der Waals surface area (Å²) in [5.74, 6) is -0.218. The molecular weight excluding hydrogens is 177 g/mol. The van der Waals surface area contributed by atoms with Gasteiger partial charge < -0.3 is 0 Å². The fourth-order valence-corrected chi connectivity index (χ4v) is 1.08. The molecule has 1 rings (SSSR count). The highest BCUT2D eigenvalue weighted by Crippen LogP contribution is 2.06. The van der Waals surface area contributed by atoms with E-state index in [0.29, 0.717) is 0 Å². The molecule has 0 fully saturated rings. The predicted octanol–water partition coefficient (Wildman–Crippen LogP) is 3.56. The molecule has 0 aromatic heterocycles. The summed E-state index contributed by atoms with van der Waals surface area (Å²) >= 11 is 0. The molecule has 2 heteroatoms. The van der Waals surface area contributed by atoms with E-state index in [1.54, 1.807) is 12.1 Å². The fourth-order valence-electron chi connectivity index (χ4n) is 1.08. The third-order valence-electron chi connectivity index (χ3n) is 2.02. The normalized spacial score (nSPS) is 13.1. The third kappa shape index (κ3) is 2.80. The number of aliphatic imine (C=N–C) groups is 1. The van der Waals surface area contributed by atoms with Crippen LogP contribution in [0.1, 0.15) is 26.3 Å². The van der Waals surface area contributed by atoms with E-state index in [-0.39, 0.29) is 5.82 Å². The zero-order valence-corrected chi connectivity index (χ0v) is 8.71. The van der Waals surface area contributed by atoms with Crippen molar-refractivity contribution in [2.24, 2.45) is 4.99 Å². The molecule has 0 radical (unpaired) electrons. The van der Waals surface area contributed by atoms with Crippen molar-refractivity contribution in [2.45, 2.75) is 20.8 Å². The summed E-state index contributed by atoms with van der Waals surface area (Å²) in [6.07, 6.45) is 1.94. The van der Waals surface area contributed by atoms with Gasteiger partial charge in [0, 0.05) is 11.4 Å². The first kappa shape index (κ1) is 10.6. The lowest BCUT2D eigenvalue weighted by molar-refractivity contribution is 0.628. The lowest BCUT2D eigenvalue weighted by Crippen LogP contribution is -1.94. The fraction of sp³-hybridized carbons (Fsp3) is 0.250. The molecule has 0 amide bonds. The molecule has 74 valence electrons. The summed E-state index contributed by atoms with van der Waals surface area (Å²) in [4.78, 5) is 4.35. The van der Waals surface area contributed by atoms with Crippen molar-refractivity contribution in [3.8, 4) is 0 Å². The lowest BCUT2D eigenvalue weighted by Gasteiger charge is -2.00. The van der Waals surface area contributed by atoms with Gasteiger partial charge in [-0.2, -0.15) is 0 Å². The van der Waals surface area contributed by atoms with Gasteiger partial charge >= 0.3 is 0 Å². The molecule has 0 aliphatic rings. The van der Waals surface area contributed by atoms with Crippen LogP contribution in [0, 0.1) is 5.82 Å². The Morgan fingerprint density at radius 3 is 2.29 bits per heavy atom. The van der Waals surface area contributed by atoms with Gasteiger partial charge in [0.1, 0.15) is 5.82 Å². The molecule has 0 bridgehead atoms.